The predicted octanol–water partition coefficient (Wildman–Crippen LogP) is 3.32. The van der Waals surface area contributed by atoms with Gasteiger partial charge in [-0.15, -0.1) is 0 Å². The van der Waals surface area contributed by atoms with Crippen molar-refractivity contribution in [3.8, 4) is 0 Å². The lowest BCUT2D eigenvalue weighted by atomic mass is 10.0. The van der Waals surface area contributed by atoms with Gasteiger partial charge in [0.05, 0.1) is 17.9 Å². The third-order valence-corrected chi connectivity index (χ3v) is 3.55. The van der Waals surface area contributed by atoms with Gasteiger partial charge in [-0.1, -0.05) is 23.7 Å². The number of aromatic nitrogens is 1. The minimum Gasteiger partial charge on any atom is -0.365 e. The van der Waals surface area contributed by atoms with Crippen LogP contribution in [0.15, 0.2) is 46.4 Å². The van der Waals surface area contributed by atoms with Crippen LogP contribution in [0.1, 0.15) is 11.3 Å². The van der Waals surface area contributed by atoms with Gasteiger partial charge in [0, 0.05) is 19.7 Å². The molecule has 0 saturated carbocycles. The summed E-state index contributed by atoms with van der Waals surface area (Å²) in [5, 5.41) is 0.325. The number of rotatable bonds is 1. The summed E-state index contributed by atoms with van der Waals surface area (Å²) in [6.07, 6.45) is 0. The lowest BCUT2D eigenvalue weighted by molar-refractivity contribution is 0.612. The Hall–Kier alpha value is -2.27. The van der Waals surface area contributed by atoms with Crippen molar-refractivity contribution in [2.45, 2.75) is 0 Å². The molecule has 0 atom stereocenters. The van der Waals surface area contributed by atoms with Crippen LogP contribution >= 0.6 is 11.6 Å². The Labute approximate surface area is 133 Å². The molecular formula is C16H14ClFN4. The Morgan fingerprint density at radius 1 is 1.14 bits per heavy atom. The molecule has 1 aliphatic rings. The average molecular weight is 317 g/mol. The molecule has 3 rings (SSSR count). The highest BCUT2D eigenvalue weighted by Crippen LogP contribution is 2.26. The Bertz CT molecular complexity index is 783. The molecule has 1 aliphatic heterocycles. The summed E-state index contributed by atoms with van der Waals surface area (Å²) in [7, 11) is 3.79. The Morgan fingerprint density at radius 2 is 1.91 bits per heavy atom. The number of aliphatic imine (C=N–C) groups is 2. The van der Waals surface area contributed by atoms with Gasteiger partial charge in [-0.05, 0) is 24.3 Å². The van der Waals surface area contributed by atoms with Crippen LogP contribution in [0.3, 0.4) is 0 Å². The van der Waals surface area contributed by atoms with Crippen LogP contribution in [0.4, 0.5) is 10.1 Å². The fraction of sp³-hybridized carbons (Fsp3) is 0.188. The molecule has 6 heteroatoms. The van der Waals surface area contributed by atoms with E-state index in [1.807, 2.05) is 19.0 Å². The Kier molecular flexibility index (Phi) is 3.90. The molecule has 2 aromatic rings. The standard InChI is InChI=1S/C16H14ClFN4/c1-22(2)14-9-19-15(10-5-3-4-6-11(10)18)16-12(20-14)7-8-13(17)21-16/h3-8H,9H2,1-2H3. The second-order valence-electron chi connectivity index (χ2n) is 5.07. The van der Waals surface area contributed by atoms with Gasteiger partial charge in [0.2, 0.25) is 0 Å². The van der Waals surface area contributed by atoms with Crippen LogP contribution in [0, 0.1) is 5.82 Å². The summed E-state index contributed by atoms with van der Waals surface area (Å²) >= 11 is 6.00. The van der Waals surface area contributed by atoms with Gasteiger partial charge in [-0.3, -0.25) is 4.99 Å². The van der Waals surface area contributed by atoms with Crippen LogP contribution in [-0.2, 0) is 0 Å². The van der Waals surface area contributed by atoms with E-state index in [0.29, 0.717) is 34.4 Å². The van der Waals surface area contributed by atoms with Crippen LogP contribution in [0.5, 0.6) is 0 Å². The summed E-state index contributed by atoms with van der Waals surface area (Å²) in [6.45, 7) is 0.352. The molecular weight excluding hydrogens is 303 g/mol. The van der Waals surface area contributed by atoms with E-state index in [1.54, 1.807) is 30.3 Å². The molecule has 0 N–H and O–H groups in total. The first kappa shape index (κ1) is 14.7. The predicted molar refractivity (Wildman–Crippen MR) is 86.9 cm³/mol. The zero-order valence-electron chi connectivity index (χ0n) is 12.2. The number of pyridine rings is 1. The zero-order chi connectivity index (χ0) is 15.7. The number of fused-ring (bicyclic) bond motifs is 1. The van der Waals surface area contributed by atoms with Crippen molar-refractivity contribution in [2.75, 3.05) is 20.6 Å². The van der Waals surface area contributed by atoms with Gasteiger partial charge in [-0.2, -0.15) is 0 Å². The van der Waals surface area contributed by atoms with Gasteiger partial charge in [0.15, 0.2) is 0 Å². The van der Waals surface area contributed by atoms with E-state index in [4.69, 9.17) is 11.6 Å². The highest BCUT2D eigenvalue weighted by molar-refractivity contribution is 6.30. The molecule has 0 bridgehead atoms. The lowest BCUT2D eigenvalue weighted by Gasteiger charge is -2.12. The molecule has 112 valence electrons. The molecule has 0 amide bonds. The smallest absolute Gasteiger partial charge is 0.132 e. The van der Waals surface area contributed by atoms with Crippen molar-refractivity contribution in [3.63, 3.8) is 0 Å². The minimum atomic E-state index is -0.345. The molecule has 2 heterocycles. The van der Waals surface area contributed by atoms with Crippen molar-refractivity contribution in [2.24, 2.45) is 9.98 Å². The number of halogens is 2. The Balaban J connectivity index is 2.22. The van der Waals surface area contributed by atoms with Crippen molar-refractivity contribution in [1.29, 1.82) is 0 Å². The summed E-state index contributed by atoms with van der Waals surface area (Å²) in [6, 6.07) is 9.94. The van der Waals surface area contributed by atoms with Crippen molar-refractivity contribution >= 4 is 28.8 Å². The summed E-state index contributed by atoms with van der Waals surface area (Å²) in [5.41, 5.74) is 1.99. The van der Waals surface area contributed by atoms with E-state index in [2.05, 4.69) is 15.0 Å². The monoisotopic (exact) mass is 316 g/mol. The largest absolute Gasteiger partial charge is 0.365 e. The third-order valence-electron chi connectivity index (χ3n) is 3.34. The molecule has 0 aliphatic carbocycles. The van der Waals surface area contributed by atoms with E-state index in [1.165, 1.54) is 6.07 Å². The lowest BCUT2D eigenvalue weighted by Crippen LogP contribution is -2.24. The highest BCUT2D eigenvalue weighted by Gasteiger charge is 2.20. The summed E-state index contributed by atoms with van der Waals surface area (Å²) in [5.74, 6) is 0.430. The van der Waals surface area contributed by atoms with Crippen LogP contribution in [0.25, 0.3) is 0 Å². The molecule has 0 spiro atoms. The number of benzene rings is 1. The van der Waals surface area contributed by atoms with E-state index >= 15 is 0 Å². The molecule has 0 unspecified atom stereocenters. The fourth-order valence-electron chi connectivity index (χ4n) is 2.20. The second kappa shape index (κ2) is 5.85. The number of amidine groups is 1. The molecule has 4 nitrogen and oxygen atoms in total. The first-order chi connectivity index (χ1) is 10.6. The van der Waals surface area contributed by atoms with Gasteiger partial charge in [-0.25, -0.2) is 14.4 Å². The summed E-state index contributed by atoms with van der Waals surface area (Å²) < 4.78 is 14.2. The zero-order valence-corrected chi connectivity index (χ0v) is 13.0. The third kappa shape index (κ3) is 2.72. The number of hydrogen-bond acceptors (Lipinski definition) is 4. The first-order valence-electron chi connectivity index (χ1n) is 6.77. The van der Waals surface area contributed by atoms with E-state index < -0.39 is 0 Å². The fourth-order valence-corrected chi connectivity index (χ4v) is 2.35. The maximum absolute atomic E-state index is 14.2. The van der Waals surface area contributed by atoms with Crippen LogP contribution in [-0.4, -0.2) is 42.1 Å². The number of nitrogens with zero attached hydrogens (tertiary/aromatic N) is 4. The van der Waals surface area contributed by atoms with Gasteiger partial charge in [0.25, 0.3) is 0 Å². The van der Waals surface area contributed by atoms with E-state index in [-0.39, 0.29) is 5.82 Å². The molecule has 0 fully saturated rings. The number of hydrogen-bond donors (Lipinski definition) is 0. The van der Waals surface area contributed by atoms with Crippen molar-refractivity contribution < 1.29 is 4.39 Å². The summed E-state index contributed by atoms with van der Waals surface area (Å²) in [4.78, 5) is 15.3. The molecule has 0 radical (unpaired) electrons. The Morgan fingerprint density at radius 3 is 2.64 bits per heavy atom. The topological polar surface area (TPSA) is 40.9 Å². The van der Waals surface area contributed by atoms with Gasteiger partial charge in [0.1, 0.15) is 22.5 Å². The normalized spacial score (nSPS) is 13.8. The van der Waals surface area contributed by atoms with Gasteiger partial charge < -0.3 is 4.90 Å². The van der Waals surface area contributed by atoms with Crippen molar-refractivity contribution in [1.82, 2.24) is 9.88 Å². The molecule has 0 saturated heterocycles. The SMILES string of the molecule is CN(C)C1=Nc2ccc(Cl)nc2C(c2ccccc2F)=NC1. The molecule has 1 aromatic heterocycles. The maximum Gasteiger partial charge on any atom is 0.132 e. The number of likely N-dealkylation sites (N-methyl/N-ethyl adjacent to an activating group) is 1. The van der Waals surface area contributed by atoms with Crippen LogP contribution < -0.4 is 0 Å². The quantitative estimate of drug-likeness (QED) is 0.757. The van der Waals surface area contributed by atoms with E-state index in [9.17, 15) is 4.39 Å². The minimum absolute atomic E-state index is 0.325. The molecule has 1 aromatic carbocycles. The highest BCUT2D eigenvalue weighted by atomic mass is 35.5. The maximum atomic E-state index is 14.2. The first-order valence-corrected chi connectivity index (χ1v) is 7.15. The van der Waals surface area contributed by atoms with Gasteiger partial charge >= 0.3 is 0 Å². The second-order valence-corrected chi connectivity index (χ2v) is 5.46. The average Bonchev–Trinajstić information content (AvgIpc) is 2.67. The molecule has 22 heavy (non-hydrogen) atoms. The van der Waals surface area contributed by atoms with E-state index in [0.717, 1.165) is 5.84 Å². The van der Waals surface area contributed by atoms with Crippen LogP contribution in [0.2, 0.25) is 5.15 Å². The van der Waals surface area contributed by atoms with Crippen molar-refractivity contribution in [3.05, 3.63) is 58.6 Å².